The minimum Gasteiger partial charge on any atom is -0.457 e. The van der Waals surface area contributed by atoms with E-state index in [0.717, 1.165) is 24.3 Å². The maximum absolute atomic E-state index is 11.5. The SMILES string of the molecule is I.NC(=NCCNC(=O)C1CC1)Nc1cccc(Oc2ccccc2)c1. The third-order valence-corrected chi connectivity index (χ3v) is 3.73. The predicted octanol–water partition coefficient (Wildman–Crippen LogP) is 3.35. The first kappa shape index (κ1) is 20.0. The van der Waals surface area contributed by atoms with Crippen LogP contribution in [0, 0.1) is 5.92 Å². The number of anilines is 1. The molecule has 0 heterocycles. The Bertz CT molecular complexity index is 748. The summed E-state index contributed by atoms with van der Waals surface area (Å²) < 4.78 is 5.79. The van der Waals surface area contributed by atoms with Crippen molar-refractivity contribution < 1.29 is 9.53 Å². The van der Waals surface area contributed by atoms with Gasteiger partial charge in [-0.1, -0.05) is 24.3 Å². The van der Waals surface area contributed by atoms with E-state index in [-0.39, 0.29) is 35.8 Å². The number of hydrogen-bond acceptors (Lipinski definition) is 3. The van der Waals surface area contributed by atoms with Crippen LogP contribution in [-0.4, -0.2) is 25.0 Å². The third kappa shape index (κ3) is 6.55. The number of guanidine groups is 1. The van der Waals surface area contributed by atoms with Crippen LogP contribution in [0.25, 0.3) is 0 Å². The molecule has 1 fully saturated rings. The zero-order valence-electron chi connectivity index (χ0n) is 14.4. The number of benzene rings is 2. The molecule has 3 rings (SSSR count). The zero-order valence-corrected chi connectivity index (χ0v) is 16.7. The lowest BCUT2D eigenvalue weighted by atomic mass is 10.3. The molecular formula is C19H23IN4O2. The van der Waals surface area contributed by atoms with Crippen LogP contribution in [0.4, 0.5) is 5.69 Å². The molecule has 0 aliphatic heterocycles. The second kappa shape index (κ2) is 10.0. The number of hydrogen-bond donors (Lipinski definition) is 3. The molecule has 0 atom stereocenters. The predicted molar refractivity (Wildman–Crippen MR) is 114 cm³/mol. The largest absolute Gasteiger partial charge is 0.457 e. The van der Waals surface area contributed by atoms with Crippen LogP contribution < -0.4 is 21.1 Å². The summed E-state index contributed by atoms with van der Waals surface area (Å²) in [4.78, 5) is 15.7. The fourth-order valence-electron chi connectivity index (χ4n) is 2.29. The maximum atomic E-state index is 11.5. The van der Waals surface area contributed by atoms with Crippen molar-refractivity contribution in [2.45, 2.75) is 12.8 Å². The summed E-state index contributed by atoms with van der Waals surface area (Å²) in [6, 6.07) is 17.1. The van der Waals surface area contributed by atoms with Crippen LogP contribution in [0.2, 0.25) is 0 Å². The summed E-state index contributed by atoms with van der Waals surface area (Å²) in [5, 5.41) is 5.88. The van der Waals surface area contributed by atoms with Gasteiger partial charge in [-0.05, 0) is 37.1 Å². The van der Waals surface area contributed by atoms with Gasteiger partial charge in [-0.25, -0.2) is 0 Å². The number of amides is 1. The van der Waals surface area contributed by atoms with E-state index in [0.29, 0.717) is 24.8 Å². The number of para-hydroxylation sites is 1. The van der Waals surface area contributed by atoms with E-state index < -0.39 is 0 Å². The van der Waals surface area contributed by atoms with Gasteiger partial charge < -0.3 is 21.1 Å². The Balaban J connectivity index is 0.00000243. The van der Waals surface area contributed by atoms with Crippen LogP contribution in [0.1, 0.15) is 12.8 Å². The smallest absolute Gasteiger partial charge is 0.223 e. The van der Waals surface area contributed by atoms with Crippen LogP contribution in [0.15, 0.2) is 59.6 Å². The molecule has 0 bridgehead atoms. The fourth-order valence-corrected chi connectivity index (χ4v) is 2.29. The highest BCUT2D eigenvalue weighted by molar-refractivity contribution is 14.0. The van der Waals surface area contributed by atoms with Gasteiger partial charge in [-0.15, -0.1) is 24.0 Å². The van der Waals surface area contributed by atoms with E-state index in [1.807, 2.05) is 54.6 Å². The van der Waals surface area contributed by atoms with E-state index >= 15 is 0 Å². The molecule has 2 aromatic rings. The molecule has 1 aliphatic rings. The van der Waals surface area contributed by atoms with Gasteiger partial charge in [0.1, 0.15) is 11.5 Å². The summed E-state index contributed by atoms with van der Waals surface area (Å²) in [6.07, 6.45) is 2.00. The molecule has 0 radical (unpaired) electrons. The molecule has 26 heavy (non-hydrogen) atoms. The van der Waals surface area contributed by atoms with Crippen LogP contribution in [-0.2, 0) is 4.79 Å². The molecule has 138 valence electrons. The average Bonchev–Trinajstić information content (AvgIpc) is 3.45. The Kier molecular flexibility index (Phi) is 7.71. The van der Waals surface area contributed by atoms with Gasteiger partial charge in [0.2, 0.25) is 5.91 Å². The van der Waals surface area contributed by atoms with Gasteiger partial charge >= 0.3 is 0 Å². The van der Waals surface area contributed by atoms with Crippen molar-refractivity contribution in [3.63, 3.8) is 0 Å². The lowest BCUT2D eigenvalue weighted by molar-refractivity contribution is -0.122. The molecule has 7 heteroatoms. The van der Waals surface area contributed by atoms with Gasteiger partial charge in [0.15, 0.2) is 5.96 Å². The van der Waals surface area contributed by atoms with Gasteiger partial charge in [0.05, 0.1) is 6.54 Å². The van der Waals surface area contributed by atoms with Gasteiger partial charge in [0, 0.05) is 24.2 Å². The highest BCUT2D eigenvalue weighted by Crippen LogP contribution is 2.28. The number of rotatable bonds is 7. The Morgan fingerprint density at radius 3 is 2.58 bits per heavy atom. The lowest BCUT2D eigenvalue weighted by Gasteiger charge is -2.09. The molecule has 0 saturated heterocycles. The standard InChI is InChI=1S/C19H22N4O2.HI/c20-19(22-12-11-21-18(24)14-9-10-14)23-15-5-4-8-17(13-15)25-16-6-2-1-3-7-16;/h1-8,13-14H,9-12H2,(H,21,24)(H3,20,22,23);1H. The number of nitrogens with one attached hydrogen (secondary N) is 2. The minimum atomic E-state index is 0. The molecule has 0 spiro atoms. The number of ether oxygens (including phenoxy) is 1. The Hall–Kier alpha value is -2.29. The molecule has 1 aliphatic carbocycles. The Labute approximate surface area is 170 Å². The van der Waals surface area contributed by atoms with Crippen molar-refractivity contribution in [3.8, 4) is 11.5 Å². The zero-order chi connectivity index (χ0) is 17.5. The summed E-state index contributed by atoms with van der Waals surface area (Å²) >= 11 is 0. The first-order chi connectivity index (χ1) is 12.2. The second-order valence-electron chi connectivity index (χ2n) is 5.90. The van der Waals surface area contributed by atoms with Crippen molar-refractivity contribution >= 4 is 41.5 Å². The Morgan fingerprint density at radius 2 is 1.85 bits per heavy atom. The number of nitrogens with zero attached hydrogens (tertiary/aromatic N) is 1. The highest BCUT2D eigenvalue weighted by atomic mass is 127. The maximum Gasteiger partial charge on any atom is 0.223 e. The number of aliphatic imine (C=N–C) groups is 1. The van der Waals surface area contributed by atoms with Crippen molar-refractivity contribution in [2.75, 3.05) is 18.4 Å². The number of carbonyl (C=O) groups excluding carboxylic acids is 1. The summed E-state index contributed by atoms with van der Waals surface area (Å²) in [6.45, 7) is 0.937. The van der Waals surface area contributed by atoms with Crippen molar-refractivity contribution in [3.05, 3.63) is 54.6 Å². The topological polar surface area (TPSA) is 88.7 Å². The number of nitrogens with two attached hydrogens (primary N) is 1. The first-order valence-electron chi connectivity index (χ1n) is 8.38. The molecule has 4 N–H and O–H groups in total. The second-order valence-corrected chi connectivity index (χ2v) is 5.90. The Morgan fingerprint density at radius 1 is 1.12 bits per heavy atom. The molecule has 6 nitrogen and oxygen atoms in total. The number of halogens is 1. The van der Waals surface area contributed by atoms with E-state index in [1.54, 1.807) is 0 Å². The molecule has 1 saturated carbocycles. The number of carbonyl (C=O) groups is 1. The van der Waals surface area contributed by atoms with Crippen LogP contribution >= 0.6 is 24.0 Å². The van der Waals surface area contributed by atoms with Gasteiger partial charge in [-0.3, -0.25) is 9.79 Å². The lowest BCUT2D eigenvalue weighted by Crippen LogP contribution is -2.29. The molecule has 1 amide bonds. The summed E-state index contributed by atoms with van der Waals surface area (Å²) in [7, 11) is 0. The molecule has 2 aromatic carbocycles. The quantitative estimate of drug-likeness (QED) is 0.253. The van der Waals surface area contributed by atoms with Crippen molar-refractivity contribution in [1.82, 2.24) is 5.32 Å². The summed E-state index contributed by atoms with van der Waals surface area (Å²) in [5.41, 5.74) is 6.67. The molecular weight excluding hydrogens is 443 g/mol. The van der Waals surface area contributed by atoms with E-state index in [9.17, 15) is 4.79 Å². The van der Waals surface area contributed by atoms with Crippen LogP contribution in [0.3, 0.4) is 0 Å². The molecule has 0 unspecified atom stereocenters. The molecule has 0 aromatic heterocycles. The van der Waals surface area contributed by atoms with Crippen LogP contribution in [0.5, 0.6) is 11.5 Å². The van der Waals surface area contributed by atoms with E-state index in [2.05, 4.69) is 15.6 Å². The van der Waals surface area contributed by atoms with Crippen molar-refractivity contribution in [1.29, 1.82) is 0 Å². The van der Waals surface area contributed by atoms with Gasteiger partial charge in [-0.2, -0.15) is 0 Å². The monoisotopic (exact) mass is 466 g/mol. The highest BCUT2D eigenvalue weighted by Gasteiger charge is 2.28. The fraction of sp³-hybridized carbons (Fsp3) is 0.263. The minimum absolute atomic E-state index is 0. The summed E-state index contributed by atoms with van der Waals surface area (Å²) in [5.74, 6) is 2.12. The first-order valence-corrected chi connectivity index (χ1v) is 8.38. The van der Waals surface area contributed by atoms with Crippen molar-refractivity contribution in [2.24, 2.45) is 16.6 Å². The average molecular weight is 466 g/mol. The van der Waals surface area contributed by atoms with E-state index in [1.165, 1.54) is 0 Å². The normalized spacial score (nSPS) is 13.5. The third-order valence-electron chi connectivity index (χ3n) is 3.73. The van der Waals surface area contributed by atoms with E-state index in [4.69, 9.17) is 10.5 Å². The van der Waals surface area contributed by atoms with Gasteiger partial charge in [0.25, 0.3) is 0 Å².